The second-order valence-electron chi connectivity index (χ2n) is 4.79. The van der Waals surface area contributed by atoms with Crippen molar-refractivity contribution < 1.29 is 9.90 Å². The number of nitrogens with two attached hydrogens (primary N) is 1. The normalized spacial score (nSPS) is 11.0. The molecule has 1 amide bonds. The largest absolute Gasteiger partial charge is 0.507 e. The zero-order valence-corrected chi connectivity index (χ0v) is 10.7. The van der Waals surface area contributed by atoms with Crippen LogP contribution in [0.2, 0.25) is 0 Å². The minimum absolute atomic E-state index is 0.0207. The third kappa shape index (κ3) is 2.77. The molecule has 94 valence electrons. The number of nitrogen functional groups attached to an aromatic ring is 1. The van der Waals surface area contributed by atoms with Crippen molar-refractivity contribution in [1.29, 1.82) is 0 Å². The second kappa shape index (κ2) is 5.19. The molecule has 0 atom stereocenters. The molecular formula is C13H20N2O2. The van der Waals surface area contributed by atoms with Gasteiger partial charge in [0.2, 0.25) is 0 Å². The zero-order chi connectivity index (χ0) is 13.2. The summed E-state index contributed by atoms with van der Waals surface area (Å²) < 4.78 is 0. The first-order valence-corrected chi connectivity index (χ1v) is 5.76. The Morgan fingerprint density at radius 3 is 2.24 bits per heavy atom. The van der Waals surface area contributed by atoms with Gasteiger partial charge in [0.1, 0.15) is 5.75 Å². The fraction of sp³-hybridized carbons (Fsp3) is 0.462. The Bertz CT molecular complexity index is 426. The summed E-state index contributed by atoms with van der Waals surface area (Å²) in [5.74, 6) is 5.11. The van der Waals surface area contributed by atoms with Crippen LogP contribution in [-0.2, 0) is 0 Å². The van der Waals surface area contributed by atoms with Crippen molar-refractivity contribution in [2.24, 2.45) is 5.84 Å². The standard InChI is InChI=1S/C13H20N2O2/c1-7(2)9-5-10(8(3)4)12(16)11(6-9)13(17)15-14/h5-8,16H,14H2,1-4H3,(H,15,17). The van der Waals surface area contributed by atoms with Gasteiger partial charge in [-0.05, 0) is 29.0 Å². The number of benzene rings is 1. The van der Waals surface area contributed by atoms with Crippen molar-refractivity contribution in [3.63, 3.8) is 0 Å². The van der Waals surface area contributed by atoms with E-state index in [1.165, 1.54) is 0 Å². The Morgan fingerprint density at radius 2 is 1.82 bits per heavy atom. The lowest BCUT2D eigenvalue weighted by molar-refractivity contribution is 0.0950. The lowest BCUT2D eigenvalue weighted by atomic mass is 9.92. The smallest absolute Gasteiger partial charge is 0.268 e. The predicted octanol–water partition coefficient (Wildman–Crippen LogP) is 2.24. The van der Waals surface area contributed by atoms with E-state index in [-0.39, 0.29) is 23.1 Å². The second-order valence-corrected chi connectivity index (χ2v) is 4.79. The van der Waals surface area contributed by atoms with Crippen LogP contribution in [0.15, 0.2) is 12.1 Å². The first-order valence-electron chi connectivity index (χ1n) is 5.76. The third-order valence-electron chi connectivity index (χ3n) is 2.83. The average Bonchev–Trinajstić information content (AvgIpc) is 2.27. The molecule has 1 rings (SSSR count). The molecular weight excluding hydrogens is 216 g/mol. The first-order chi connectivity index (χ1) is 7.88. The van der Waals surface area contributed by atoms with E-state index in [0.717, 1.165) is 11.1 Å². The molecule has 17 heavy (non-hydrogen) atoms. The summed E-state index contributed by atoms with van der Waals surface area (Å²) in [4.78, 5) is 11.6. The van der Waals surface area contributed by atoms with Crippen LogP contribution in [0.4, 0.5) is 0 Å². The number of carbonyl (C=O) groups is 1. The fourth-order valence-electron chi connectivity index (χ4n) is 1.70. The minimum Gasteiger partial charge on any atom is -0.507 e. The molecule has 0 aromatic heterocycles. The summed E-state index contributed by atoms with van der Waals surface area (Å²) in [6.45, 7) is 8.04. The van der Waals surface area contributed by atoms with Gasteiger partial charge in [-0.1, -0.05) is 33.8 Å². The van der Waals surface area contributed by atoms with E-state index in [0.29, 0.717) is 0 Å². The van der Waals surface area contributed by atoms with Gasteiger partial charge in [-0.2, -0.15) is 0 Å². The number of carbonyl (C=O) groups excluding carboxylic acids is 1. The Labute approximate surface area is 102 Å². The molecule has 4 nitrogen and oxygen atoms in total. The summed E-state index contributed by atoms with van der Waals surface area (Å²) in [7, 11) is 0. The minimum atomic E-state index is -0.466. The number of rotatable bonds is 3. The monoisotopic (exact) mass is 236 g/mol. The predicted molar refractivity (Wildman–Crippen MR) is 67.9 cm³/mol. The van der Waals surface area contributed by atoms with Gasteiger partial charge in [-0.15, -0.1) is 0 Å². The van der Waals surface area contributed by atoms with Crippen molar-refractivity contribution >= 4 is 5.91 Å². The molecule has 1 aromatic rings. The number of nitrogens with one attached hydrogen (secondary N) is 1. The van der Waals surface area contributed by atoms with Crippen molar-refractivity contribution in [3.8, 4) is 5.75 Å². The number of hydrogen-bond donors (Lipinski definition) is 3. The summed E-state index contributed by atoms with van der Waals surface area (Å²) in [6, 6.07) is 3.63. The maximum absolute atomic E-state index is 11.6. The topological polar surface area (TPSA) is 75.4 Å². The van der Waals surface area contributed by atoms with Crippen molar-refractivity contribution in [1.82, 2.24) is 5.43 Å². The molecule has 0 bridgehead atoms. The maximum Gasteiger partial charge on any atom is 0.268 e. The average molecular weight is 236 g/mol. The highest BCUT2D eigenvalue weighted by atomic mass is 16.3. The number of phenols is 1. The Hall–Kier alpha value is -1.55. The number of hydrogen-bond acceptors (Lipinski definition) is 3. The molecule has 0 aliphatic heterocycles. The molecule has 0 aliphatic carbocycles. The number of amides is 1. The van der Waals surface area contributed by atoms with E-state index in [1.807, 2.05) is 33.8 Å². The van der Waals surface area contributed by atoms with E-state index >= 15 is 0 Å². The van der Waals surface area contributed by atoms with Crippen LogP contribution >= 0.6 is 0 Å². The summed E-state index contributed by atoms with van der Waals surface area (Å²) in [5, 5.41) is 10.1. The molecule has 0 unspecified atom stereocenters. The highest BCUT2D eigenvalue weighted by molar-refractivity contribution is 5.97. The van der Waals surface area contributed by atoms with Gasteiger partial charge < -0.3 is 5.11 Å². The van der Waals surface area contributed by atoms with Gasteiger partial charge in [0, 0.05) is 0 Å². The first kappa shape index (κ1) is 13.5. The van der Waals surface area contributed by atoms with Gasteiger partial charge in [0.25, 0.3) is 5.91 Å². The lowest BCUT2D eigenvalue weighted by Gasteiger charge is -2.16. The van der Waals surface area contributed by atoms with Gasteiger partial charge in [-0.25, -0.2) is 5.84 Å². The third-order valence-corrected chi connectivity index (χ3v) is 2.83. The zero-order valence-electron chi connectivity index (χ0n) is 10.7. The molecule has 0 radical (unpaired) electrons. The molecule has 1 aromatic carbocycles. The van der Waals surface area contributed by atoms with Gasteiger partial charge >= 0.3 is 0 Å². The van der Waals surface area contributed by atoms with E-state index in [4.69, 9.17) is 5.84 Å². The molecule has 0 spiro atoms. The molecule has 4 heteroatoms. The Kier molecular flexibility index (Phi) is 4.12. The summed E-state index contributed by atoms with van der Waals surface area (Å²) in [6.07, 6.45) is 0. The number of phenolic OH excluding ortho intramolecular Hbond substituents is 1. The van der Waals surface area contributed by atoms with E-state index in [9.17, 15) is 9.90 Å². The highest BCUT2D eigenvalue weighted by Crippen LogP contribution is 2.32. The molecule has 4 N–H and O–H groups in total. The summed E-state index contributed by atoms with van der Waals surface area (Å²) >= 11 is 0. The maximum atomic E-state index is 11.6. The SMILES string of the molecule is CC(C)c1cc(C(=O)NN)c(O)c(C(C)C)c1. The van der Waals surface area contributed by atoms with Crippen LogP contribution < -0.4 is 11.3 Å². The quantitative estimate of drug-likeness (QED) is 0.428. The Balaban J connectivity index is 3.43. The van der Waals surface area contributed by atoms with E-state index < -0.39 is 5.91 Å². The number of hydrazine groups is 1. The van der Waals surface area contributed by atoms with Crippen LogP contribution in [0, 0.1) is 0 Å². The van der Waals surface area contributed by atoms with Crippen LogP contribution in [0.1, 0.15) is 61.0 Å². The van der Waals surface area contributed by atoms with Gasteiger partial charge in [-0.3, -0.25) is 10.2 Å². The van der Waals surface area contributed by atoms with E-state index in [2.05, 4.69) is 5.43 Å². The van der Waals surface area contributed by atoms with Crippen LogP contribution in [0.25, 0.3) is 0 Å². The van der Waals surface area contributed by atoms with Gasteiger partial charge in [0.15, 0.2) is 0 Å². The molecule has 0 saturated heterocycles. The lowest BCUT2D eigenvalue weighted by Crippen LogP contribution is -2.30. The molecule has 0 saturated carbocycles. The fourth-order valence-corrected chi connectivity index (χ4v) is 1.70. The van der Waals surface area contributed by atoms with Crippen molar-refractivity contribution in [2.45, 2.75) is 39.5 Å². The molecule has 0 aliphatic rings. The van der Waals surface area contributed by atoms with Crippen molar-refractivity contribution in [3.05, 3.63) is 28.8 Å². The van der Waals surface area contributed by atoms with Gasteiger partial charge in [0.05, 0.1) is 5.56 Å². The van der Waals surface area contributed by atoms with Crippen molar-refractivity contribution in [2.75, 3.05) is 0 Å². The van der Waals surface area contributed by atoms with Crippen LogP contribution in [-0.4, -0.2) is 11.0 Å². The number of aromatic hydroxyl groups is 1. The van der Waals surface area contributed by atoms with E-state index in [1.54, 1.807) is 6.07 Å². The highest BCUT2D eigenvalue weighted by Gasteiger charge is 2.18. The molecule has 0 fully saturated rings. The van der Waals surface area contributed by atoms with Crippen LogP contribution in [0.3, 0.4) is 0 Å². The Morgan fingerprint density at radius 1 is 1.24 bits per heavy atom. The van der Waals surface area contributed by atoms with Crippen LogP contribution in [0.5, 0.6) is 5.75 Å². The molecule has 0 heterocycles. The summed E-state index contributed by atoms with van der Waals surface area (Å²) in [5.41, 5.74) is 4.09.